The van der Waals surface area contributed by atoms with Gasteiger partial charge in [-0.3, -0.25) is 9.59 Å². The van der Waals surface area contributed by atoms with Gasteiger partial charge in [-0.1, -0.05) is 6.07 Å². The van der Waals surface area contributed by atoms with Crippen molar-refractivity contribution in [3.05, 3.63) is 105 Å². The summed E-state index contributed by atoms with van der Waals surface area (Å²) in [7, 11) is 1.43. The lowest BCUT2D eigenvalue weighted by Crippen LogP contribution is -2.37. The zero-order valence-corrected chi connectivity index (χ0v) is 18.7. The summed E-state index contributed by atoms with van der Waals surface area (Å²) in [6, 6.07) is 6.98. The maximum atomic E-state index is 14.9. The summed E-state index contributed by atoms with van der Waals surface area (Å²) >= 11 is 0. The Bertz CT molecular complexity index is 1580. The highest BCUT2D eigenvalue weighted by Gasteiger charge is 2.31. The van der Waals surface area contributed by atoms with Gasteiger partial charge in [0.25, 0.3) is 11.5 Å². The van der Waals surface area contributed by atoms with Crippen LogP contribution in [-0.2, 0) is 11.3 Å². The van der Waals surface area contributed by atoms with Crippen LogP contribution in [0, 0.1) is 29.1 Å². The van der Waals surface area contributed by atoms with Gasteiger partial charge >= 0.3 is 0 Å². The molecule has 10 heteroatoms. The number of H-pyrrole nitrogens is 1. The SMILES string of the molecule is CN(C(=O)c1ccc(-c2cc(F)cc(F)c2)c(F)c1)[C@H]1COCc2[nH]c(=O)c3cc(F)c(F)cc3c21. The van der Waals surface area contributed by atoms with Crippen LogP contribution in [0.3, 0.4) is 0 Å². The van der Waals surface area contributed by atoms with E-state index in [4.69, 9.17) is 4.74 Å². The highest BCUT2D eigenvalue weighted by atomic mass is 19.2. The largest absolute Gasteiger partial charge is 0.373 e. The van der Waals surface area contributed by atoms with Gasteiger partial charge in [0.2, 0.25) is 0 Å². The third-order valence-corrected chi connectivity index (χ3v) is 6.22. The Balaban J connectivity index is 1.53. The molecule has 3 aromatic carbocycles. The third-order valence-electron chi connectivity index (χ3n) is 6.22. The molecule has 2 heterocycles. The van der Waals surface area contributed by atoms with Crippen molar-refractivity contribution in [3.8, 4) is 11.1 Å². The molecule has 184 valence electrons. The van der Waals surface area contributed by atoms with Crippen molar-refractivity contribution in [2.24, 2.45) is 0 Å². The van der Waals surface area contributed by atoms with Crippen LogP contribution in [0.15, 0.2) is 53.3 Å². The number of likely N-dealkylation sites (N-methyl/N-ethyl adjacent to an activating group) is 1. The Morgan fingerprint density at radius 1 is 0.917 bits per heavy atom. The van der Waals surface area contributed by atoms with E-state index in [1.807, 2.05) is 0 Å². The molecule has 0 saturated heterocycles. The van der Waals surface area contributed by atoms with Crippen LogP contribution in [0.2, 0.25) is 0 Å². The number of halogens is 5. The van der Waals surface area contributed by atoms with Gasteiger partial charge < -0.3 is 14.6 Å². The fourth-order valence-corrected chi connectivity index (χ4v) is 4.48. The van der Waals surface area contributed by atoms with Crippen molar-refractivity contribution in [1.29, 1.82) is 0 Å². The lowest BCUT2D eigenvalue weighted by atomic mass is 9.95. The van der Waals surface area contributed by atoms with Crippen LogP contribution < -0.4 is 5.56 Å². The van der Waals surface area contributed by atoms with Crippen molar-refractivity contribution >= 4 is 16.7 Å². The minimum atomic E-state index is -1.19. The van der Waals surface area contributed by atoms with Crippen molar-refractivity contribution in [2.75, 3.05) is 13.7 Å². The van der Waals surface area contributed by atoms with Gasteiger partial charge in [-0.05, 0) is 47.3 Å². The predicted octanol–water partition coefficient (Wildman–Crippen LogP) is 5.23. The van der Waals surface area contributed by atoms with E-state index in [0.29, 0.717) is 17.3 Å². The molecular formula is C26H17F5N2O3. The second kappa shape index (κ2) is 8.87. The number of hydrogen-bond acceptors (Lipinski definition) is 3. The van der Waals surface area contributed by atoms with Gasteiger partial charge in [0.05, 0.1) is 24.6 Å². The monoisotopic (exact) mass is 500 g/mol. The first kappa shape index (κ1) is 23.7. The van der Waals surface area contributed by atoms with E-state index in [1.165, 1.54) is 24.1 Å². The summed E-state index contributed by atoms with van der Waals surface area (Å²) in [5.74, 6) is -5.58. The second-order valence-corrected chi connectivity index (χ2v) is 8.46. The summed E-state index contributed by atoms with van der Waals surface area (Å²) in [6.45, 7) is -0.0237. The first-order valence-corrected chi connectivity index (χ1v) is 10.8. The fourth-order valence-electron chi connectivity index (χ4n) is 4.48. The number of aromatic amines is 1. The van der Waals surface area contributed by atoms with E-state index in [0.717, 1.165) is 30.3 Å². The average molecular weight is 500 g/mol. The number of nitrogens with zero attached hydrogens (tertiary/aromatic N) is 1. The Morgan fingerprint density at radius 2 is 1.58 bits per heavy atom. The van der Waals surface area contributed by atoms with Gasteiger partial charge in [-0.15, -0.1) is 0 Å². The molecule has 1 atom stereocenters. The van der Waals surface area contributed by atoms with E-state index in [-0.39, 0.29) is 40.7 Å². The zero-order valence-electron chi connectivity index (χ0n) is 18.7. The first-order valence-electron chi connectivity index (χ1n) is 10.8. The molecule has 1 N–H and O–H groups in total. The minimum absolute atomic E-state index is 0.00837. The molecule has 4 aromatic rings. The van der Waals surface area contributed by atoms with Crippen molar-refractivity contribution < 1.29 is 31.5 Å². The van der Waals surface area contributed by atoms with E-state index < -0.39 is 46.6 Å². The quantitative estimate of drug-likeness (QED) is 0.392. The van der Waals surface area contributed by atoms with Gasteiger partial charge in [0.15, 0.2) is 11.6 Å². The van der Waals surface area contributed by atoms with Gasteiger partial charge in [0, 0.05) is 35.5 Å². The Labute approximate surface area is 200 Å². The van der Waals surface area contributed by atoms with Crippen LogP contribution in [-0.4, -0.2) is 29.4 Å². The zero-order chi connectivity index (χ0) is 25.7. The van der Waals surface area contributed by atoms with Crippen molar-refractivity contribution in [1.82, 2.24) is 9.88 Å². The summed E-state index contributed by atoms with van der Waals surface area (Å²) in [5.41, 5.74) is -0.125. The van der Waals surface area contributed by atoms with E-state index >= 15 is 0 Å². The number of hydrogen-bond donors (Lipinski definition) is 1. The van der Waals surface area contributed by atoms with Crippen LogP contribution in [0.1, 0.15) is 27.7 Å². The molecule has 0 spiro atoms. The molecule has 1 aliphatic rings. The van der Waals surface area contributed by atoms with Gasteiger partial charge in [-0.25, -0.2) is 22.0 Å². The predicted molar refractivity (Wildman–Crippen MR) is 121 cm³/mol. The Hall–Kier alpha value is -4.05. The summed E-state index contributed by atoms with van der Waals surface area (Å²) < 4.78 is 75.4. The number of amides is 1. The Kier molecular flexibility index (Phi) is 5.83. The number of pyridine rings is 1. The molecule has 1 aromatic heterocycles. The molecule has 5 rings (SSSR count). The number of carbonyl (C=O) groups is 1. The van der Waals surface area contributed by atoms with E-state index in [9.17, 15) is 31.5 Å². The van der Waals surface area contributed by atoms with E-state index in [2.05, 4.69) is 4.98 Å². The molecule has 1 aliphatic heterocycles. The smallest absolute Gasteiger partial charge is 0.256 e. The molecule has 5 nitrogen and oxygen atoms in total. The van der Waals surface area contributed by atoms with Crippen LogP contribution in [0.4, 0.5) is 22.0 Å². The Morgan fingerprint density at radius 3 is 2.25 bits per heavy atom. The maximum absolute atomic E-state index is 14.9. The number of benzene rings is 3. The average Bonchev–Trinajstić information content (AvgIpc) is 2.83. The summed E-state index contributed by atoms with van der Waals surface area (Å²) in [4.78, 5) is 29.5. The van der Waals surface area contributed by atoms with E-state index in [1.54, 1.807) is 0 Å². The summed E-state index contributed by atoms with van der Waals surface area (Å²) in [6.07, 6.45) is 0. The fraction of sp³-hybridized carbons (Fsp3) is 0.154. The standard InChI is InChI=1S/C26H17F5N2O3/c1-33(26(35)12-2-3-16(19(29)6-12)13-4-14(27)7-15(28)5-13)23-11-36-10-22-24(23)17-8-20(30)21(31)9-18(17)25(34)32-22/h2-9,23H,10-11H2,1H3,(H,32,34)/t23-/m0/s1. The lowest BCUT2D eigenvalue weighted by Gasteiger charge is -2.34. The molecule has 0 radical (unpaired) electrons. The molecule has 0 bridgehead atoms. The highest BCUT2D eigenvalue weighted by molar-refractivity contribution is 5.95. The van der Waals surface area contributed by atoms with Crippen molar-refractivity contribution in [2.45, 2.75) is 12.6 Å². The maximum Gasteiger partial charge on any atom is 0.256 e. The number of carbonyl (C=O) groups excluding carboxylic acids is 1. The number of ether oxygens (including phenoxy) is 1. The molecule has 0 fully saturated rings. The minimum Gasteiger partial charge on any atom is -0.373 e. The van der Waals surface area contributed by atoms with Gasteiger partial charge in [-0.2, -0.15) is 0 Å². The third kappa shape index (κ3) is 4.03. The lowest BCUT2D eigenvalue weighted by molar-refractivity contribution is 0.0335. The van der Waals surface area contributed by atoms with Crippen LogP contribution in [0.25, 0.3) is 21.9 Å². The molecule has 36 heavy (non-hydrogen) atoms. The first-order chi connectivity index (χ1) is 17.1. The normalized spacial score (nSPS) is 15.1. The highest BCUT2D eigenvalue weighted by Crippen LogP contribution is 2.34. The number of rotatable bonds is 3. The van der Waals surface area contributed by atoms with Crippen LogP contribution in [0.5, 0.6) is 0 Å². The molecule has 0 aliphatic carbocycles. The van der Waals surface area contributed by atoms with Crippen LogP contribution >= 0.6 is 0 Å². The number of nitrogens with one attached hydrogen (secondary N) is 1. The van der Waals surface area contributed by atoms with Gasteiger partial charge in [0.1, 0.15) is 17.5 Å². The van der Waals surface area contributed by atoms with Crippen molar-refractivity contribution in [3.63, 3.8) is 0 Å². The topological polar surface area (TPSA) is 62.4 Å². The summed E-state index contributed by atoms with van der Waals surface area (Å²) in [5, 5.41) is 0.0494. The molecule has 0 saturated carbocycles. The number of fused-ring (bicyclic) bond motifs is 3. The number of aromatic nitrogens is 1. The molecule has 1 amide bonds. The second-order valence-electron chi connectivity index (χ2n) is 8.46. The molecular weight excluding hydrogens is 483 g/mol. The molecule has 0 unspecified atom stereocenters.